The van der Waals surface area contributed by atoms with Crippen molar-refractivity contribution in [2.75, 3.05) is 0 Å². The predicted molar refractivity (Wildman–Crippen MR) is 213 cm³/mol. The van der Waals surface area contributed by atoms with Crippen molar-refractivity contribution in [3.63, 3.8) is 0 Å². The van der Waals surface area contributed by atoms with Crippen LogP contribution in [-0.4, -0.2) is 9.13 Å². The topological polar surface area (TPSA) is 9.86 Å². The van der Waals surface area contributed by atoms with Gasteiger partial charge in [0.05, 0.1) is 27.8 Å². The SMILES string of the molecule is c1ccc(-n2c3ccccc3c3ccc4c(c5ccccc5n4-c4ccc(C5CCCCC5)c5c6ccccc6c6ccccc6c45)c32)cc1. The monoisotopic (exact) mass is 640 g/mol. The van der Waals surface area contributed by atoms with Gasteiger partial charge in [-0.2, -0.15) is 0 Å². The number of benzene rings is 8. The van der Waals surface area contributed by atoms with Crippen molar-refractivity contribution in [3.8, 4) is 11.4 Å². The average Bonchev–Trinajstić information content (AvgIpc) is 3.71. The molecule has 2 aromatic heterocycles. The number of fused-ring (bicyclic) bond motifs is 13. The maximum absolute atomic E-state index is 2.57. The average molecular weight is 641 g/mol. The van der Waals surface area contributed by atoms with E-state index in [1.165, 1.54) is 125 Å². The van der Waals surface area contributed by atoms with Crippen molar-refractivity contribution in [1.82, 2.24) is 9.13 Å². The van der Waals surface area contributed by atoms with Crippen molar-refractivity contribution in [3.05, 3.63) is 157 Å². The van der Waals surface area contributed by atoms with Gasteiger partial charge in [-0.25, -0.2) is 0 Å². The lowest BCUT2D eigenvalue weighted by Crippen LogP contribution is -2.07. The lowest BCUT2D eigenvalue weighted by atomic mass is 9.80. The summed E-state index contributed by atoms with van der Waals surface area (Å²) in [6.45, 7) is 0. The molecule has 8 aromatic carbocycles. The van der Waals surface area contributed by atoms with Crippen LogP contribution in [0, 0.1) is 0 Å². The molecule has 10 aromatic rings. The Kier molecular flexibility index (Phi) is 6.07. The molecule has 0 N–H and O–H groups in total. The summed E-state index contributed by atoms with van der Waals surface area (Å²) in [5, 5.41) is 13.3. The van der Waals surface area contributed by atoms with Gasteiger partial charge in [0.2, 0.25) is 0 Å². The molecule has 0 radical (unpaired) electrons. The van der Waals surface area contributed by atoms with Crippen LogP contribution < -0.4 is 0 Å². The number of hydrogen-bond donors (Lipinski definition) is 0. The molecule has 238 valence electrons. The molecule has 11 rings (SSSR count). The minimum Gasteiger partial charge on any atom is -0.309 e. The van der Waals surface area contributed by atoms with Crippen LogP contribution in [0.1, 0.15) is 43.6 Å². The Hall–Kier alpha value is -5.86. The van der Waals surface area contributed by atoms with E-state index in [9.17, 15) is 0 Å². The van der Waals surface area contributed by atoms with Crippen molar-refractivity contribution in [2.45, 2.75) is 38.0 Å². The second-order valence-electron chi connectivity index (χ2n) is 14.2. The van der Waals surface area contributed by atoms with Crippen LogP contribution in [0.4, 0.5) is 0 Å². The highest BCUT2D eigenvalue weighted by Gasteiger charge is 2.25. The van der Waals surface area contributed by atoms with Crippen molar-refractivity contribution >= 4 is 75.9 Å². The van der Waals surface area contributed by atoms with E-state index in [0.717, 1.165) is 0 Å². The fraction of sp³-hybridized carbons (Fsp3) is 0.125. The van der Waals surface area contributed by atoms with Gasteiger partial charge >= 0.3 is 0 Å². The maximum Gasteiger partial charge on any atom is 0.0641 e. The van der Waals surface area contributed by atoms with Gasteiger partial charge in [-0.1, -0.05) is 135 Å². The van der Waals surface area contributed by atoms with Gasteiger partial charge in [0.1, 0.15) is 0 Å². The largest absolute Gasteiger partial charge is 0.309 e. The molecule has 1 aliphatic rings. The summed E-state index contributed by atoms with van der Waals surface area (Å²) in [5.74, 6) is 0.587. The molecule has 50 heavy (non-hydrogen) atoms. The Morgan fingerprint density at radius 2 is 0.940 bits per heavy atom. The van der Waals surface area contributed by atoms with Gasteiger partial charge in [-0.3, -0.25) is 0 Å². The second-order valence-corrected chi connectivity index (χ2v) is 14.2. The molecule has 1 fully saturated rings. The third-order valence-electron chi connectivity index (χ3n) is 11.7. The van der Waals surface area contributed by atoms with E-state index in [0.29, 0.717) is 5.92 Å². The fourth-order valence-corrected chi connectivity index (χ4v) is 9.60. The van der Waals surface area contributed by atoms with Crippen LogP contribution >= 0.6 is 0 Å². The Balaban J connectivity index is 1.35. The molecule has 2 heterocycles. The molecule has 2 nitrogen and oxygen atoms in total. The number of aromatic nitrogens is 2. The Morgan fingerprint density at radius 1 is 0.360 bits per heavy atom. The summed E-state index contributed by atoms with van der Waals surface area (Å²) < 4.78 is 5.06. The predicted octanol–water partition coefficient (Wildman–Crippen LogP) is 13.4. The molecule has 0 amide bonds. The normalized spacial score (nSPS) is 14.3. The Bertz CT molecular complexity index is 2950. The summed E-state index contributed by atoms with van der Waals surface area (Å²) in [4.78, 5) is 0. The first-order valence-electron chi connectivity index (χ1n) is 18.2. The minimum absolute atomic E-state index is 0.587. The quantitative estimate of drug-likeness (QED) is 0.170. The van der Waals surface area contributed by atoms with Crippen LogP contribution in [0.15, 0.2) is 152 Å². The highest BCUT2D eigenvalue weighted by molar-refractivity contribution is 6.30. The summed E-state index contributed by atoms with van der Waals surface area (Å²) >= 11 is 0. The molecule has 0 aliphatic heterocycles. The van der Waals surface area contributed by atoms with Crippen LogP contribution in [0.3, 0.4) is 0 Å². The fourth-order valence-electron chi connectivity index (χ4n) is 9.60. The lowest BCUT2D eigenvalue weighted by molar-refractivity contribution is 0.445. The molecule has 1 saturated carbocycles. The molecule has 0 bridgehead atoms. The van der Waals surface area contributed by atoms with Crippen LogP contribution in [0.5, 0.6) is 0 Å². The highest BCUT2D eigenvalue weighted by Crippen LogP contribution is 2.47. The van der Waals surface area contributed by atoms with Crippen molar-refractivity contribution in [1.29, 1.82) is 0 Å². The number of para-hydroxylation sites is 3. The van der Waals surface area contributed by atoms with E-state index in [-0.39, 0.29) is 0 Å². The van der Waals surface area contributed by atoms with E-state index in [4.69, 9.17) is 0 Å². The van der Waals surface area contributed by atoms with Gasteiger partial charge < -0.3 is 9.13 Å². The Morgan fingerprint density at radius 3 is 1.66 bits per heavy atom. The molecule has 0 unspecified atom stereocenters. The van der Waals surface area contributed by atoms with Gasteiger partial charge in [0.15, 0.2) is 0 Å². The molecule has 1 aliphatic carbocycles. The number of hydrogen-bond acceptors (Lipinski definition) is 0. The second kappa shape index (κ2) is 10.8. The first kappa shape index (κ1) is 28.0. The third-order valence-corrected chi connectivity index (χ3v) is 11.7. The zero-order valence-corrected chi connectivity index (χ0v) is 27.9. The molecule has 0 saturated heterocycles. The van der Waals surface area contributed by atoms with E-state index < -0.39 is 0 Å². The van der Waals surface area contributed by atoms with Gasteiger partial charge in [-0.05, 0) is 87.7 Å². The molecular weight excluding hydrogens is 605 g/mol. The highest BCUT2D eigenvalue weighted by atomic mass is 15.0. The van der Waals surface area contributed by atoms with Crippen molar-refractivity contribution in [2.24, 2.45) is 0 Å². The minimum atomic E-state index is 0.587. The molecular formula is C48H36N2. The van der Waals surface area contributed by atoms with E-state index >= 15 is 0 Å². The smallest absolute Gasteiger partial charge is 0.0641 e. The van der Waals surface area contributed by atoms with E-state index in [2.05, 4.69) is 161 Å². The first-order valence-corrected chi connectivity index (χ1v) is 18.2. The van der Waals surface area contributed by atoms with E-state index in [1.54, 1.807) is 0 Å². The zero-order chi connectivity index (χ0) is 32.8. The number of rotatable bonds is 3. The molecule has 2 heteroatoms. The van der Waals surface area contributed by atoms with Gasteiger partial charge in [0, 0.05) is 32.6 Å². The summed E-state index contributed by atoms with van der Waals surface area (Å²) in [5.41, 5.74) is 8.95. The summed E-state index contributed by atoms with van der Waals surface area (Å²) in [7, 11) is 0. The maximum atomic E-state index is 2.57. The summed E-state index contributed by atoms with van der Waals surface area (Å²) in [6, 6.07) is 56.7. The van der Waals surface area contributed by atoms with Crippen LogP contribution in [-0.2, 0) is 0 Å². The lowest BCUT2D eigenvalue weighted by Gasteiger charge is -2.26. The zero-order valence-electron chi connectivity index (χ0n) is 27.9. The third kappa shape index (κ3) is 3.85. The standard InChI is InChI=1S/C48H36N2/c1-3-15-31(16-4-1)33-27-29-43(46-38-23-10-8-20-35(38)34-19-7-9-22-37(34)45(33)46)50-42-26-14-12-24-40(42)47-44(50)30-28-39-36-21-11-13-25-41(36)49(48(39)47)32-17-5-2-6-18-32/h2,5-14,17-31H,1,3-4,15-16H2. The van der Waals surface area contributed by atoms with Gasteiger partial charge in [0.25, 0.3) is 0 Å². The molecule has 0 atom stereocenters. The Labute approximate surface area is 290 Å². The van der Waals surface area contributed by atoms with Crippen LogP contribution in [0.2, 0.25) is 0 Å². The molecule has 0 spiro atoms. The first-order chi connectivity index (χ1) is 24.9. The van der Waals surface area contributed by atoms with E-state index in [1.807, 2.05) is 0 Å². The number of nitrogens with zero attached hydrogens (tertiary/aromatic N) is 2. The summed E-state index contributed by atoms with van der Waals surface area (Å²) in [6.07, 6.45) is 6.53. The van der Waals surface area contributed by atoms with Crippen LogP contribution in [0.25, 0.3) is 87.3 Å². The van der Waals surface area contributed by atoms with Crippen molar-refractivity contribution < 1.29 is 0 Å². The van der Waals surface area contributed by atoms with Gasteiger partial charge in [-0.15, -0.1) is 0 Å².